The fourth-order valence-corrected chi connectivity index (χ4v) is 2.36. The lowest BCUT2D eigenvalue weighted by Gasteiger charge is -2.29. The predicted octanol–water partition coefficient (Wildman–Crippen LogP) is 5.35. The molecule has 0 unspecified atom stereocenters. The summed E-state index contributed by atoms with van der Waals surface area (Å²) in [5, 5.41) is 0. The molecule has 0 heterocycles. The van der Waals surface area contributed by atoms with Crippen LogP contribution in [0.1, 0.15) is 80.6 Å². The monoisotopic (exact) mass is 255 g/mol. The van der Waals surface area contributed by atoms with Gasteiger partial charge in [0, 0.05) is 6.54 Å². The van der Waals surface area contributed by atoms with E-state index in [9.17, 15) is 0 Å². The molecule has 0 amide bonds. The lowest BCUT2D eigenvalue weighted by molar-refractivity contribution is 0.195. The van der Waals surface area contributed by atoms with Gasteiger partial charge in [-0.05, 0) is 36.8 Å². The maximum absolute atomic E-state index is 2.60. The first kappa shape index (κ1) is 18.0. The Kier molecular flexibility index (Phi) is 8.18. The van der Waals surface area contributed by atoms with Crippen molar-refractivity contribution in [3.8, 4) is 0 Å². The van der Waals surface area contributed by atoms with Gasteiger partial charge in [0.05, 0.1) is 0 Å². The molecule has 0 aliphatic heterocycles. The molecule has 0 fully saturated rings. The van der Waals surface area contributed by atoms with Crippen LogP contribution in [0.3, 0.4) is 0 Å². The molecule has 0 atom stereocenters. The van der Waals surface area contributed by atoms with Crippen LogP contribution >= 0.6 is 0 Å². The van der Waals surface area contributed by atoms with Gasteiger partial charge in [-0.3, -0.25) is 0 Å². The summed E-state index contributed by atoms with van der Waals surface area (Å²) < 4.78 is 0. The third-order valence-electron chi connectivity index (χ3n) is 3.30. The Labute approximate surface area is 116 Å². The van der Waals surface area contributed by atoms with E-state index >= 15 is 0 Å². The van der Waals surface area contributed by atoms with Crippen molar-refractivity contribution in [2.45, 2.75) is 80.6 Å². The second-order valence-corrected chi connectivity index (χ2v) is 8.15. The van der Waals surface area contributed by atoms with E-state index in [1.165, 1.54) is 51.7 Å². The van der Waals surface area contributed by atoms with Crippen LogP contribution in [0.2, 0.25) is 0 Å². The highest BCUT2D eigenvalue weighted by molar-refractivity contribution is 4.68. The van der Waals surface area contributed by atoms with E-state index in [2.05, 4.69) is 53.4 Å². The van der Waals surface area contributed by atoms with Crippen molar-refractivity contribution in [1.29, 1.82) is 0 Å². The lowest BCUT2D eigenvalue weighted by Crippen LogP contribution is -2.33. The van der Waals surface area contributed by atoms with Crippen LogP contribution in [0.25, 0.3) is 0 Å². The summed E-state index contributed by atoms with van der Waals surface area (Å²) >= 11 is 0. The van der Waals surface area contributed by atoms with E-state index in [0.717, 1.165) is 0 Å². The third kappa shape index (κ3) is 12.4. The van der Waals surface area contributed by atoms with Gasteiger partial charge in [-0.2, -0.15) is 0 Å². The Bertz CT molecular complexity index is 195. The van der Waals surface area contributed by atoms with Crippen LogP contribution in [0.15, 0.2) is 0 Å². The largest absolute Gasteiger partial charge is 0.303 e. The second kappa shape index (κ2) is 8.19. The number of hydrogen-bond donors (Lipinski definition) is 0. The zero-order chi connectivity index (χ0) is 14.2. The van der Waals surface area contributed by atoms with E-state index in [0.29, 0.717) is 10.8 Å². The minimum absolute atomic E-state index is 0.433. The summed E-state index contributed by atoms with van der Waals surface area (Å²) in [6.45, 7) is 20.0. The Balaban J connectivity index is 3.57. The topological polar surface area (TPSA) is 3.24 Å². The first-order chi connectivity index (χ1) is 8.14. The zero-order valence-electron chi connectivity index (χ0n) is 14.1. The van der Waals surface area contributed by atoms with Crippen molar-refractivity contribution in [3.05, 3.63) is 0 Å². The molecule has 0 saturated heterocycles. The van der Waals surface area contributed by atoms with Gasteiger partial charge in [-0.25, -0.2) is 0 Å². The maximum atomic E-state index is 2.60. The summed E-state index contributed by atoms with van der Waals surface area (Å²) in [7, 11) is 0. The van der Waals surface area contributed by atoms with Gasteiger partial charge >= 0.3 is 0 Å². The maximum Gasteiger partial charge on any atom is 0.00299 e. The van der Waals surface area contributed by atoms with Crippen LogP contribution in [-0.4, -0.2) is 24.5 Å². The Morgan fingerprint density at radius 2 is 1.28 bits per heavy atom. The van der Waals surface area contributed by atoms with Crippen molar-refractivity contribution < 1.29 is 0 Å². The zero-order valence-corrected chi connectivity index (χ0v) is 14.1. The molecule has 0 N–H and O–H groups in total. The fraction of sp³-hybridized carbons (Fsp3) is 1.00. The molecule has 0 aliphatic carbocycles. The number of nitrogens with zero attached hydrogens (tertiary/aromatic N) is 1. The van der Waals surface area contributed by atoms with Gasteiger partial charge in [0.25, 0.3) is 0 Å². The standard InChI is InChI=1S/C17H37N/c1-8-18(15-17(5,6)7)14-12-10-9-11-13-16(2,3)4/h8-15H2,1-7H3. The number of unbranched alkanes of at least 4 members (excludes halogenated alkanes) is 3. The van der Waals surface area contributed by atoms with Crippen LogP contribution < -0.4 is 0 Å². The van der Waals surface area contributed by atoms with E-state index in [-0.39, 0.29) is 0 Å². The molecule has 0 rings (SSSR count). The minimum Gasteiger partial charge on any atom is -0.303 e. The number of rotatable bonds is 8. The Hall–Kier alpha value is -0.0400. The van der Waals surface area contributed by atoms with Gasteiger partial charge in [0.2, 0.25) is 0 Å². The average Bonchev–Trinajstić information content (AvgIpc) is 2.18. The Morgan fingerprint density at radius 3 is 1.72 bits per heavy atom. The quantitative estimate of drug-likeness (QED) is 0.528. The van der Waals surface area contributed by atoms with Gasteiger partial charge in [0.1, 0.15) is 0 Å². The van der Waals surface area contributed by atoms with E-state index < -0.39 is 0 Å². The molecule has 0 radical (unpaired) electrons. The summed E-state index contributed by atoms with van der Waals surface area (Å²) in [6.07, 6.45) is 6.94. The molecular weight excluding hydrogens is 218 g/mol. The summed E-state index contributed by atoms with van der Waals surface area (Å²) in [5.41, 5.74) is 0.948. The molecule has 18 heavy (non-hydrogen) atoms. The molecule has 0 spiro atoms. The van der Waals surface area contributed by atoms with Crippen LogP contribution in [-0.2, 0) is 0 Å². The van der Waals surface area contributed by atoms with Crippen LogP contribution in [0, 0.1) is 10.8 Å². The lowest BCUT2D eigenvalue weighted by atomic mass is 9.89. The van der Waals surface area contributed by atoms with Crippen LogP contribution in [0.4, 0.5) is 0 Å². The van der Waals surface area contributed by atoms with Crippen molar-refractivity contribution in [3.63, 3.8) is 0 Å². The smallest absolute Gasteiger partial charge is 0.00299 e. The summed E-state index contributed by atoms with van der Waals surface area (Å²) in [6, 6.07) is 0. The summed E-state index contributed by atoms with van der Waals surface area (Å²) in [4.78, 5) is 2.60. The predicted molar refractivity (Wildman–Crippen MR) is 84.1 cm³/mol. The first-order valence-corrected chi connectivity index (χ1v) is 7.86. The van der Waals surface area contributed by atoms with Crippen molar-refractivity contribution >= 4 is 0 Å². The molecular formula is C17H37N. The fourth-order valence-electron chi connectivity index (χ4n) is 2.36. The third-order valence-corrected chi connectivity index (χ3v) is 3.30. The molecule has 0 aromatic carbocycles. The van der Waals surface area contributed by atoms with Gasteiger partial charge < -0.3 is 4.90 Å². The van der Waals surface area contributed by atoms with E-state index in [1.807, 2.05) is 0 Å². The second-order valence-electron chi connectivity index (χ2n) is 8.15. The van der Waals surface area contributed by atoms with Gasteiger partial charge in [-0.1, -0.05) is 67.7 Å². The van der Waals surface area contributed by atoms with Crippen LogP contribution in [0.5, 0.6) is 0 Å². The molecule has 0 bridgehead atoms. The Morgan fingerprint density at radius 1 is 0.722 bits per heavy atom. The van der Waals surface area contributed by atoms with E-state index in [1.54, 1.807) is 0 Å². The first-order valence-electron chi connectivity index (χ1n) is 7.86. The molecule has 1 nitrogen and oxygen atoms in total. The molecule has 110 valence electrons. The molecule has 0 aliphatic rings. The van der Waals surface area contributed by atoms with Gasteiger partial charge in [0.15, 0.2) is 0 Å². The molecule has 1 heteroatoms. The minimum atomic E-state index is 0.433. The van der Waals surface area contributed by atoms with E-state index in [4.69, 9.17) is 0 Å². The molecule has 0 saturated carbocycles. The highest BCUT2D eigenvalue weighted by atomic mass is 15.1. The van der Waals surface area contributed by atoms with Crippen molar-refractivity contribution in [2.75, 3.05) is 19.6 Å². The molecule has 0 aromatic heterocycles. The normalized spacial score (nSPS) is 13.3. The number of hydrogen-bond acceptors (Lipinski definition) is 1. The van der Waals surface area contributed by atoms with Crippen molar-refractivity contribution in [1.82, 2.24) is 4.90 Å². The summed E-state index contributed by atoms with van der Waals surface area (Å²) in [5.74, 6) is 0. The SMILES string of the molecule is CCN(CCCCCCC(C)(C)C)CC(C)(C)C. The highest BCUT2D eigenvalue weighted by Crippen LogP contribution is 2.22. The van der Waals surface area contributed by atoms with Crippen molar-refractivity contribution in [2.24, 2.45) is 10.8 Å². The van der Waals surface area contributed by atoms with Gasteiger partial charge in [-0.15, -0.1) is 0 Å². The average molecular weight is 255 g/mol. The highest BCUT2D eigenvalue weighted by Gasteiger charge is 2.14. The molecule has 0 aromatic rings.